The molecule has 1 fully saturated rings. The Morgan fingerprint density at radius 3 is 2.69 bits per heavy atom. The van der Waals surface area contributed by atoms with E-state index in [0.29, 0.717) is 12.3 Å². The maximum Gasteiger partial charge on any atom is 0.407 e. The fraction of sp³-hybridized carbons (Fsp3) is 0.722. The number of nitrogens with one attached hydrogen (secondary N) is 3. The van der Waals surface area contributed by atoms with Crippen molar-refractivity contribution in [3.8, 4) is 0 Å². The number of carbonyl (C=O) groups excluding carboxylic acids is 2. The van der Waals surface area contributed by atoms with Gasteiger partial charge >= 0.3 is 6.09 Å². The molecule has 2 rings (SSSR count). The van der Waals surface area contributed by atoms with Gasteiger partial charge in [0, 0.05) is 19.7 Å². The number of piperidine rings is 1. The summed E-state index contributed by atoms with van der Waals surface area (Å²) in [6, 6.07) is 1.46. The van der Waals surface area contributed by atoms with Gasteiger partial charge in [0.1, 0.15) is 0 Å². The molecule has 0 aliphatic carbocycles. The molecule has 8 heteroatoms. The molecule has 2 heterocycles. The van der Waals surface area contributed by atoms with Crippen molar-refractivity contribution in [3.63, 3.8) is 0 Å². The monoisotopic (exact) mass is 366 g/mol. The molecule has 3 N–H and O–H groups in total. The highest BCUT2D eigenvalue weighted by Crippen LogP contribution is 2.48. The number of carbonyl (C=O) groups is 2. The normalized spacial score (nSPS) is 16.8. The van der Waals surface area contributed by atoms with E-state index >= 15 is 0 Å². The maximum atomic E-state index is 12.0. The molecule has 26 heavy (non-hydrogen) atoms. The molecule has 1 saturated heterocycles. The fourth-order valence-electron chi connectivity index (χ4n) is 3.70. The van der Waals surface area contributed by atoms with E-state index in [1.807, 2.05) is 0 Å². The SMILES string of the molecule is CCC1(C(C)(C)CNC(=O)OCc2cc(C(=O)NC)no2)CCNCC1. The fourth-order valence-corrected chi connectivity index (χ4v) is 3.70. The van der Waals surface area contributed by atoms with Crippen molar-refractivity contribution in [3.05, 3.63) is 17.5 Å². The minimum atomic E-state index is -0.504. The average Bonchev–Trinajstić information content (AvgIpc) is 3.13. The van der Waals surface area contributed by atoms with Crippen LogP contribution in [0, 0.1) is 10.8 Å². The zero-order valence-electron chi connectivity index (χ0n) is 16.1. The van der Waals surface area contributed by atoms with Gasteiger partial charge in [0.05, 0.1) is 0 Å². The van der Waals surface area contributed by atoms with E-state index in [0.717, 1.165) is 32.4 Å². The zero-order valence-corrected chi connectivity index (χ0v) is 16.1. The molecule has 0 atom stereocenters. The molecule has 146 valence electrons. The number of amides is 2. The number of nitrogens with zero attached hydrogens (tertiary/aromatic N) is 1. The van der Waals surface area contributed by atoms with Crippen LogP contribution in [-0.2, 0) is 11.3 Å². The predicted octanol–water partition coefficient (Wildman–Crippen LogP) is 2.07. The Morgan fingerprint density at radius 1 is 1.38 bits per heavy atom. The standard InChI is InChI=1S/C18H30N4O4/c1-5-18(6-8-20-9-7-18)17(2,3)12-21-16(24)25-11-13-10-14(22-26-13)15(23)19-4/h10,20H,5-9,11-12H2,1-4H3,(H,19,23)(H,21,24). The first-order chi connectivity index (χ1) is 12.3. The molecule has 0 bridgehead atoms. The highest BCUT2D eigenvalue weighted by Gasteiger charge is 2.44. The number of hydrogen-bond acceptors (Lipinski definition) is 6. The second-order valence-corrected chi connectivity index (χ2v) is 7.46. The van der Waals surface area contributed by atoms with Gasteiger partial charge in [-0.05, 0) is 43.2 Å². The van der Waals surface area contributed by atoms with E-state index in [4.69, 9.17) is 9.26 Å². The molecule has 0 unspecified atom stereocenters. The van der Waals surface area contributed by atoms with Crippen molar-refractivity contribution >= 4 is 12.0 Å². The topological polar surface area (TPSA) is 105 Å². The highest BCUT2D eigenvalue weighted by molar-refractivity contribution is 5.91. The van der Waals surface area contributed by atoms with Gasteiger partial charge in [-0.2, -0.15) is 0 Å². The summed E-state index contributed by atoms with van der Waals surface area (Å²) in [6.45, 7) is 9.13. The zero-order chi connectivity index (χ0) is 19.2. The third kappa shape index (κ3) is 4.55. The van der Waals surface area contributed by atoms with Crippen molar-refractivity contribution in [2.45, 2.75) is 46.6 Å². The molecule has 0 aromatic carbocycles. The number of alkyl carbamates (subject to hydrolysis) is 1. The van der Waals surface area contributed by atoms with Gasteiger partial charge in [-0.15, -0.1) is 0 Å². The van der Waals surface area contributed by atoms with E-state index in [2.05, 4.69) is 41.9 Å². The third-order valence-electron chi connectivity index (χ3n) is 5.71. The average molecular weight is 366 g/mol. The van der Waals surface area contributed by atoms with Crippen LogP contribution >= 0.6 is 0 Å². The van der Waals surface area contributed by atoms with Crippen LogP contribution in [0.1, 0.15) is 56.3 Å². The van der Waals surface area contributed by atoms with Crippen LogP contribution in [0.25, 0.3) is 0 Å². The van der Waals surface area contributed by atoms with Gasteiger partial charge in [0.15, 0.2) is 18.1 Å². The summed E-state index contributed by atoms with van der Waals surface area (Å²) in [5.74, 6) is -0.0283. The Balaban J connectivity index is 1.83. The molecule has 1 aromatic heterocycles. The number of rotatable bonds is 7. The van der Waals surface area contributed by atoms with Crippen LogP contribution in [0.3, 0.4) is 0 Å². The highest BCUT2D eigenvalue weighted by atomic mass is 16.6. The second-order valence-electron chi connectivity index (χ2n) is 7.46. The Kier molecular flexibility index (Phi) is 6.63. The van der Waals surface area contributed by atoms with E-state index in [1.165, 1.54) is 13.1 Å². The summed E-state index contributed by atoms with van der Waals surface area (Å²) in [4.78, 5) is 23.5. The predicted molar refractivity (Wildman–Crippen MR) is 96.7 cm³/mol. The molecular weight excluding hydrogens is 336 g/mol. The van der Waals surface area contributed by atoms with Gasteiger partial charge in [0.25, 0.3) is 5.91 Å². The summed E-state index contributed by atoms with van der Waals surface area (Å²) in [5.41, 5.74) is 0.323. The van der Waals surface area contributed by atoms with Gasteiger partial charge < -0.3 is 25.2 Å². The van der Waals surface area contributed by atoms with Crippen LogP contribution in [0.5, 0.6) is 0 Å². The lowest BCUT2D eigenvalue weighted by Gasteiger charge is -2.49. The van der Waals surface area contributed by atoms with Gasteiger partial charge in [-0.1, -0.05) is 25.9 Å². The first kappa shape index (κ1) is 20.2. The molecule has 1 aliphatic heterocycles. The Labute approximate surface area is 154 Å². The largest absolute Gasteiger partial charge is 0.441 e. The molecule has 8 nitrogen and oxygen atoms in total. The van der Waals surface area contributed by atoms with E-state index < -0.39 is 6.09 Å². The summed E-state index contributed by atoms with van der Waals surface area (Å²) < 4.78 is 10.2. The molecule has 1 aromatic rings. The lowest BCUT2D eigenvalue weighted by atomic mass is 9.59. The van der Waals surface area contributed by atoms with Crippen molar-refractivity contribution < 1.29 is 18.8 Å². The number of ether oxygens (including phenoxy) is 1. The van der Waals surface area contributed by atoms with Crippen molar-refractivity contribution in [1.29, 1.82) is 0 Å². The molecule has 1 aliphatic rings. The number of hydrogen-bond donors (Lipinski definition) is 3. The van der Waals surface area contributed by atoms with Crippen molar-refractivity contribution in [2.75, 3.05) is 26.7 Å². The quantitative estimate of drug-likeness (QED) is 0.682. The van der Waals surface area contributed by atoms with Crippen molar-refractivity contribution in [1.82, 2.24) is 21.1 Å². The third-order valence-corrected chi connectivity index (χ3v) is 5.71. The van der Waals surface area contributed by atoms with Crippen LogP contribution in [0.2, 0.25) is 0 Å². The Bertz CT molecular complexity index is 620. The minimum absolute atomic E-state index is 0.0402. The molecule has 0 spiro atoms. The lowest BCUT2D eigenvalue weighted by molar-refractivity contribution is 0.0256. The van der Waals surface area contributed by atoms with Gasteiger partial charge in [0.2, 0.25) is 0 Å². The lowest BCUT2D eigenvalue weighted by Crippen LogP contribution is -2.50. The van der Waals surface area contributed by atoms with Crippen LogP contribution in [0.15, 0.2) is 10.6 Å². The first-order valence-electron chi connectivity index (χ1n) is 9.12. The summed E-state index contributed by atoms with van der Waals surface area (Å²) in [7, 11) is 1.51. The summed E-state index contributed by atoms with van der Waals surface area (Å²) in [5, 5.41) is 12.4. The molecule has 0 radical (unpaired) electrons. The molecular formula is C18H30N4O4. The Morgan fingerprint density at radius 2 is 2.08 bits per heavy atom. The van der Waals surface area contributed by atoms with E-state index in [1.54, 1.807) is 0 Å². The van der Waals surface area contributed by atoms with Crippen molar-refractivity contribution in [2.24, 2.45) is 10.8 Å². The molecule has 2 amide bonds. The first-order valence-corrected chi connectivity index (χ1v) is 9.12. The van der Waals surface area contributed by atoms with E-state index in [-0.39, 0.29) is 29.0 Å². The second kappa shape index (κ2) is 8.53. The summed E-state index contributed by atoms with van der Waals surface area (Å²) in [6.07, 6.45) is 2.79. The summed E-state index contributed by atoms with van der Waals surface area (Å²) >= 11 is 0. The Hall–Kier alpha value is -2.09. The van der Waals surface area contributed by atoms with Crippen LogP contribution in [-0.4, -0.2) is 43.8 Å². The van der Waals surface area contributed by atoms with Crippen LogP contribution in [0.4, 0.5) is 4.79 Å². The maximum absolute atomic E-state index is 12.0. The minimum Gasteiger partial charge on any atom is -0.441 e. The van der Waals surface area contributed by atoms with Gasteiger partial charge in [-0.3, -0.25) is 4.79 Å². The van der Waals surface area contributed by atoms with E-state index in [9.17, 15) is 9.59 Å². The van der Waals surface area contributed by atoms with Crippen LogP contribution < -0.4 is 16.0 Å². The number of aromatic nitrogens is 1. The van der Waals surface area contributed by atoms with Gasteiger partial charge in [-0.25, -0.2) is 4.79 Å². The smallest absolute Gasteiger partial charge is 0.407 e. The molecule has 0 saturated carbocycles.